The van der Waals surface area contributed by atoms with Gasteiger partial charge in [0.05, 0.1) is 12.4 Å². The van der Waals surface area contributed by atoms with Crippen LogP contribution in [0.25, 0.3) is 11.2 Å². The fourth-order valence-corrected chi connectivity index (χ4v) is 2.97. The van der Waals surface area contributed by atoms with E-state index >= 15 is 0 Å². The van der Waals surface area contributed by atoms with Gasteiger partial charge in [-0.1, -0.05) is 0 Å². The molecule has 0 aromatic carbocycles. The Bertz CT molecular complexity index is 716. The lowest BCUT2D eigenvalue weighted by Gasteiger charge is -2.41. The summed E-state index contributed by atoms with van der Waals surface area (Å²) in [5, 5.41) is 9.53. The van der Waals surface area contributed by atoms with Crippen LogP contribution in [0.5, 0.6) is 0 Å². The Labute approximate surface area is 136 Å². The molecule has 0 aliphatic carbocycles. The van der Waals surface area contributed by atoms with Crippen molar-refractivity contribution in [3.05, 3.63) is 12.2 Å². The molecule has 3 rings (SSSR count). The Morgan fingerprint density at radius 1 is 1.38 bits per heavy atom. The van der Waals surface area contributed by atoms with E-state index < -0.39 is 18.1 Å². The molecule has 1 saturated heterocycles. The minimum absolute atomic E-state index is 0.00591. The molecule has 0 saturated carbocycles. The van der Waals surface area contributed by atoms with Crippen LogP contribution in [-0.2, 0) is 6.18 Å². The van der Waals surface area contributed by atoms with Crippen LogP contribution < -0.4 is 4.90 Å². The van der Waals surface area contributed by atoms with Gasteiger partial charge in [-0.05, 0) is 13.8 Å². The minimum Gasteiger partial charge on any atom is -0.392 e. The third-order valence-corrected chi connectivity index (χ3v) is 4.08. The molecule has 10 heteroatoms. The Balaban J connectivity index is 1.91. The Morgan fingerprint density at radius 3 is 2.75 bits per heavy atom. The number of aliphatic hydroxyl groups is 1. The number of aliphatic hydroxyl groups excluding tert-OH is 1. The van der Waals surface area contributed by atoms with Crippen molar-refractivity contribution in [3.63, 3.8) is 0 Å². The number of rotatable bonds is 3. The van der Waals surface area contributed by atoms with Crippen molar-refractivity contribution in [2.45, 2.75) is 32.2 Å². The average Bonchev–Trinajstić information content (AvgIpc) is 2.95. The number of aromatic nitrogens is 4. The first kappa shape index (κ1) is 16.9. The zero-order chi connectivity index (χ0) is 17.5. The maximum absolute atomic E-state index is 13.0. The number of hydrogen-bond acceptors (Lipinski definition) is 6. The lowest BCUT2D eigenvalue weighted by Crippen LogP contribution is -2.53. The molecule has 2 unspecified atom stereocenters. The number of anilines is 1. The molecule has 132 valence electrons. The van der Waals surface area contributed by atoms with Crippen LogP contribution in [0.2, 0.25) is 0 Å². The summed E-state index contributed by atoms with van der Waals surface area (Å²) in [6, 6.07) is 0.0793. The van der Waals surface area contributed by atoms with E-state index in [9.17, 15) is 18.3 Å². The summed E-state index contributed by atoms with van der Waals surface area (Å²) in [6.07, 6.45) is -3.76. The van der Waals surface area contributed by atoms with Crippen molar-refractivity contribution in [1.29, 1.82) is 0 Å². The molecule has 3 heterocycles. The van der Waals surface area contributed by atoms with E-state index in [1.54, 1.807) is 11.8 Å². The number of nitrogens with one attached hydrogen (secondary N) is 1. The number of halogens is 3. The minimum atomic E-state index is -4.62. The summed E-state index contributed by atoms with van der Waals surface area (Å²) in [5.41, 5.74) is 0.408. The number of H-pyrrole nitrogens is 1. The molecule has 1 fully saturated rings. The third-order valence-electron chi connectivity index (χ3n) is 4.08. The van der Waals surface area contributed by atoms with E-state index in [1.165, 1.54) is 6.33 Å². The van der Waals surface area contributed by atoms with Gasteiger partial charge in [0.2, 0.25) is 5.82 Å². The molecule has 0 amide bonds. The Morgan fingerprint density at radius 2 is 2.12 bits per heavy atom. The first-order valence-corrected chi connectivity index (χ1v) is 7.71. The molecule has 2 aromatic rings. The second kappa shape index (κ2) is 6.17. The van der Waals surface area contributed by atoms with E-state index in [0.717, 1.165) is 0 Å². The molecular formula is C14H19F3N6O. The van der Waals surface area contributed by atoms with Crippen LogP contribution in [0.1, 0.15) is 19.7 Å². The van der Waals surface area contributed by atoms with Gasteiger partial charge in [-0.25, -0.2) is 15.0 Å². The van der Waals surface area contributed by atoms with Crippen molar-refractivity contribution in [2.75, 3.05) is 31.1 Å². The SMILES string of the molecule is CC(O)CN1CCN(c2nc(C(F)(F)F)nc3nc[nH]c23)CC1C. The van der Waals surface area contributed by atoms with E-state index in [2.05, 4.69) is 24.8 Å². The van der Waals surface area contributed by atoms with Crippen molar-refractivity contribution >= 4 is 17.0 Å². The monoisotopic (exact) mass is 344 g/mol. The third kappa shape index (κ3) is 3.29. The van der Waals surface area contributed by atoms with Gasteiger partial charge in [-0.2, -0.15) is 13.2 Å². The number of nitrogens with zero attached hydrogens (tertiary/aromatic N) is 5. The Kier molecular flexibility index (Phi) is 4.35. The summed E-state index contributed by atoms with van der Waals surface area (Å²) in [5.74, 6) is -0.968. The zero-order valence-corrected chi connectivity index (χ0v) is 13.4. The summed E-state index contributed by atoms with van der Waals surface area (Å²) >= 11 is 0. The number of piperazine rings is 1. The Hall–Kier alpha value is -1.94. The largest absolute Gasteiger partial charge is 0.451 e. The molecule has 2 atom stereocenters. The molecule has 0 radical (unpaired) electrons. The maximum atomic E-state index is 13.0. The summed E-state index contributed by atoms with van der Waals surface area (Å²) in [7, 11) is 0. The van der Waals surface area contributed by atoms with Crippen molar-refractivity contribution in [1.82, 2.24) is 24.8 Å². The highest BCUT2D eigenvalue weighted by Crippen LogP contribution is 2.31. The van der Waals surface area contributed by atoms with E-state index in [4.69, 9.17) is 0 Å². The van der Waals surface area contributed by atoms with Crippen molar-refractivity contribution < 1.29 is 18.3 Å². The van der Waals surface area contributed by atoms with Crippen LogP contribution in [-0.4, -0.2) is 68.3 Å². The smallest absolute Gasteiger partial charge is 0.392 e. The predicted molar refractivity (Wildman–Crippen MR) is 81.6 cm³/mol. The molecule has 2 aromatic heterocycles. The maximum Gasteiger partial charge on any atom is 0.451 e. The molecule has 24 heavy (non-hydrogen) atoms. The molecule has 1 aliphatic rings. The molecule has 0 spiro atoms. The first-order valence-electron chi connectivity index (χ1n) is 7.71. The first-order chi connectivity index (χ1) is 11.3. The number of imidazole rings is 1. The fourth-order valence-electron chi connectivity index (χ4n) is 2.97. The number of alkyl halides is 3. The standard InChI is InChI=1S/C14H19F3N6O/c1-8-5-23(4-3-22(8)6-9(2)24)12-10-11(19-7-18-10)20-13(21-12)14(15,16)17/h7-9,24H,3-6H2,1-2H3,(H,18,19,20,21). The van der Waals surface area contributed by atoms with Gasteiger partial charge < -0.3 is 15.0 Å². The fraction of sp³-hybridized carbons (Fsp3) is 0.643. The van der Waals surface area contributed by atoms with Gasteiger partial charge in [0.25, 0.3) is 0 Å². The van der Waals surface area contributed by atoms with Gasteiger partial charge in [-0.15, -0.1) is 0 Å². The van der Waals surface area contributed by atoms with Gasteiger partial charge >= 0.3 is 6.18 Å². The average molecular weight is 344 g/mol. The summed E-state index contributed by atoms with van der Waals surface area (Å²) in [6.45, 7) is 5.88. The summed E-state index contributed by atoms with van der Waals surface area (Å²) in [4.78, 5) is 17.8. The summed E-state index contributed by atoms with van der Waals surface area (Å²) < 4.78 is 39.1. The van der Waals surface area contributed by atoms with Crippen LogP contribution in [0, 0.1) is 0 Å². The number of fused-ring (bicyclic) bond motifs is 1. The second-order valence-electron chi connectivity index (χ2n) is 6.11. The quantitative estimate of drug-likeness (QED) is 0.873. The highest BCUT2D eigenvalue weighted by molar-refractivity contribution is 5.83. The van der Waals surface area contributed by atoms with Crippen LogP contribution in [0.15, 0.2) is 6.33 Å². The normalized spacial score (nSPS) is 21.4. The molecule has 7 nitrogen and oxygen atoms in total. The second-order valence-corrected chi connectivity index (χ2v) is 6.11. The highest BCUT2D eigenvalue weighted by Gasteiger charge is 2.37. The van der Waals surface area contributed by atoms with Crippen LogP contribution in [0.4, 0.5) is 19.0 Å². The van der Waals surface area contributed by atoms with Gasteiger partial charge in [0, 0.05) is 32.2 Å². The lowest BCUT2D eigenvalue weighted by atomic mass is 10.1. The molecular weight excluding hydrogens is 325 g/mol. The molecule has 0 bridgehead atoms. The van der Waals surface area contributed by atoms with E-state index in [-0.39, 0.29) is 17.5 Å². The highest BCUT2D eigenvalue weighted by atomic mass is 19.4. The van der Waals surface area contributed by atoms with Crippen LogP contribution >= 0.6 is 0 Å². The van der Waals surface area contributed by atoms with Gasteiger partial charge in [-0.3, -0.25) is 4.90 Å². The number of hydrogen-bond donors (Lipinski definition) is 2. The van der Waals surface area contributed by atoms with Gasteiger partial charge in [0.1, 0.15) is 5.52 Å². The lowest BCUT2D eigenvalue weighted by molar-refractivity contribution is -0.144. The topological polar surface area (TPSA) is 81.2 Å². The predicted octanol–water partition coefficient (Wildman–Crippen LogP) is 1.26. The van der Waals surface area contributed by atoms with E-state index in [1.807, 2.05) is 6.92 Å². The number of aromatic amines is 1. The molecule has 1 aliphatic heterocycles. The zero-order valence-electron chi connectivity index (χ0n) is 13.4. The van der Waals surface area contributed by atoms with Crippen molar-refractivity contribution in [3.8, 4) is 0 Å². The number of β-amino-alcohol motifs (C(OH)–C–C–N with tert-alkyl or cyclic N) is 1. The molecule has 2 N–H and O–H groups in total. The van der Waals surface area contributed by atoms with Crippen LogP contribution in [0.3, 0.4) is 0 Å². The van der Waals surface area contributed by atoms with Gasteiger partial charge in [0.15, 0.2) is 11.5 Å². The van der Waals surface area contributed by atoms with Crippen molar-refractivity contribution in [2.24, 2.45) is 0 Å². The van der Waals surface area contributed by atoms with E-state index in [0.29, 0.717) is 31.7 Å².